The molecular weight excluding hydrogens is 364 g/mol. The predicted octanol–water partition coefficient (Wildman–Crippen LogP) is 2.31. The number of piperidine rings is 1. The van der Waals surface area contributed by atoms with Gasteiger partial charge in [-0.25, -0.2) is 0 Å². The summed E-state index contributed by atoms with van der Waals surface area (Å²) < 4.78 is 0. The maximum Gasteiger partial charge on any atom is 0.305 e. The second kappa shape index (κ2) is 9.14. The molecule has 8 heteroatoms. The van der Waals surface area contributed by atoms with E-state index < -0.39 is 11.2 Å². The molecule has 2 aliphatic rings. The molecule has 3 rings (SSSR count). The van der Waals surface area contributed by atoms with Crippen LogP contribution in [0.25, 0.3) is 0 Å². The molecule has 2 heterocycles. The van der Waals surface area contributed by atoms with Gasteiger partial charge in [-0.05, 0) is 36.4 Å². The predicted molar refractivity (Wildman–Crippen MR) is 107 cm³/mol. The smallest absolute Gasteiger partial charge is 0.305 e. The molecule has 1 aromatic carbocycles. The number of hydrogen-bond donors (Lipinski definition) is 2. The van der Waals surface area contributed by atoms with Gasteiger partial charge >= 0.3 is 5.97 Å². The van der Waals surface area contributed by atoms with Crippen LogP contribution in [0.15, 0.2) is 34.5 Å². The molecule has 1 aromatic rings. The molecule has 2 N–H and O–H groups in total. The largest absolute Gasteiger partial charge is 0.481 e. The van der Waals surface area contributed by atoms with Crippen molar-refractivity contribution in [2.45, 2.75) is 38.0 Å². The normalized spacial score (nSPS) is 25.2. The number of nitrogens with zero attached hydrogens (tertiary/aromatic N) is 3. The summed E-state index contributed by atoms with van der Waals surface area (Å²) in [4.78, 5) is 24.8. The zero-order valence-electron chi connectivity index (χ0n) is 15.3. The number of amides is 1. The van der Waals surface area contributed by atoms with Crippen molar-refractivity contribution < 1.29 is 14.7 Å². The summed E-state index contributed by atoms with van der Waals surface area (Å²) in [6, 6.07) is 8.20. The number of aliphatic carboxylic acids is 1. The van der Waals surface area contributed by atoms with Crippen molar-refractivity contribution in [2.24, 2.45) is 16.1 Å². The molecule has 2 atom stereocenters. The average Bonchev–Trinajstić information content (AvgIpc) is 2.95. The zero-order chi connectivity index (χ0) is 19.2. The average molecular weight is 388 g/mol. The Labute approximate surface area is 162 Å². The summed E-state index contributed by atoms with van der Waals surface area (Å²) >= 11 is 1.09. The van der Waals surface area contributed by atoms with Gasteiger partial charge in [-0.15, -0.1) is 5.10 Å². The number of rotatable bonds is 6. The van der Waals surface area contributed by atoms with E-state index in [4.69, 9.17) is 5.11 Å². The van der Waals surface area contributed by atoms with Gasteiger partial charge in [0.05, 0.1) is 12.6 Å². The van der Waals surface area contributed by atoms with Crippen LogP contribution in [0.2, 0.25) is 0 Å². The van der Waals surface area contributed by atoms with Gasteiger partial charge in [0.25, 0.3) is 0 Å². The van der Waals surface area contributed by atoms with E-state index >= 15 is 0 Å². The first kappa shape index (κ1) is 19.6. The van der Waals surface area contributed by atoms with Crippen molar-refractivity contribution in [1.29, 1.82) is 0 Å². The second-order valence-corrected chi connectivity index (χ2v) is 8.26. The lowest BCUT2D eigenvalue weighted by atomic mass is 10.00. The van der Waals surface area contributed by atoms with Gasteiger partial charge in [-0.1, -0.05) is 43.0 Å². The fourth-order valence-corrected chi connectivity index (χ4v) is 4.21. The molecule has 0 bridgehead atoms. The molecule has 0 saturated carbocycles. The Balaban J connectivity index is 1.52. The standard InChI is InChI=1S/C19H24N4O3S/c1-13-3-2-8-23(11-13)12-15-6-4-14(5-7-15)10-20-22-19-21-18(26)16(27-19)9-17(24)25/h4-7,10,13,16H,2-3,8-9,11-12H2,1H3,(H,24,25)(H,21,22,26). The molecule has 144 valence electrons. The third-order valence-corrected chi connectivity index (χ3v) is 5.69. The minimum Gasteiger partial charge on any atom is -0.481 e. The third kappa shape index (κ3) is 5.90. The lowest BCUT2D eigenvalue weighted by molar-refractivity contribution is -0.138. The fraction of sp³-hybridized carbons (Fsp3) is 0.474. The van der Waals surface area contributed by atoms with Gasteiger partial charge in [0.2, 0.25) is 5.91 Å². The maximum atomic E-state index is 11.6. The lowest BCUT2D eigenvalue weighted by Crippen LogP contribution is -2.33. The molecule has 7 nitrogen and oxygen atoms in total. The summed E-state index contributed by atoms with van der Waals surface area (Å²) in [5.41, 5.74) is 2.20. The number of hydrogen-bond acceptors (Lipinski definition) is 6. The van der Waals surface area contributed by atoms with Gasteiger partial charge in [-0.3, -0.25) is 14.5 Å². The number of carbonyl (C=O) groups excluding carboxylic acids is 1. The first-order valence-electron chi connectivity index (χ1n) is 9.11. The number of carbonyl (C=O) groups is 2. The van der Waals surface area contributed by atoms with Crippen LogP contribution in [0.3, 0.4) is 0 Å². The molecule has 2 fully saturated rings. The highest BCUT2D eigenvalue weighted by atomic mass is 32.2. The van der Waals surface area contributed by atoms with E-state index in [1.807, 2.05) is 12.1 Å². The molecule has 0 spiro atoms. The number of likely N-dealkylation sites (tertiary alicyclic amines) is 1. The van der Waals surface area contributed by atoms with E-state index in [2.05, 4.69) is 39.5 Å². The summed E-state index contributed by atoms with van der Waals surface area (Å²) in [6.45, 7) is 5.60. The van der Waals surface area contributed by atoms with Gasteiger partial charge in [0.15, 0.2) is 5.17 Å². The number of nitrogens with one attached hydrogen (secondary N) is 1. The quantitative estimate of drug-likeness (QED) is 0.576. The highest BCUT2D eigenvalue weighted by Crippen LogP contribution is 2.22. The number of carboxylic acids is 1. The van der Waals surface area contributed by atoms with Crippen molar-refractivity contribution in [3.05, 3.63) is 35.4 Å². The van der Waals surface area contributed by atoms with Crippen molar-refractivity contribution in [1.82, 2.24) is 10.2 Å². The Hall–Kier alpha value is -2.19. The van der Waals surface area contributed by atoms with Crippen LogP contribution in [0.1, 0.15) is 37.3 Å². The topological polar surface area (TPSA) is 94.4 Å². The molecule has 2 aliphatic heterocycles. The summed E-state index contributed by atoms with van der Waals surface area (Å²) in [5, 5.41) is 19.0. The molecule has 2 saturated heterocycles. The van der Waals surface area contributed by atoms with Gasteiger partial charge in [0, 0.05) is 13.1 Å². The zero-order valence-corrected chi connectivity index (χ0v) is 16.1. The Morgan fingerprint density at radius 1 is 1.41 bits per heavy atom. The van der Waals surface area contributed by atoms with Gasteiger partial charge < -0.3 is 10.4 Å². The van der Waals surface area contributed by atoms with E-state index in [0.29, 0.717) is 5.17 Å². The molecule has 0 aliphatic carbocycles. The summed E-state index contributed by atoms with van der Waals surface area (Å²) in [7, 11) is 0. The van der Waals surface area contributed by atoms with Crippen molar-refractivity contribution >= 4 is 35.0 Å². The van der Waals surface area contributed by atoms with Crippen LogP contribution < -0.4 is 5.32 Å². The van der Waals surface area contributed by atoms with Gasteiger partial charge in [-0.2, -0.15) is 5.10 Å². The first-order valence-corrected chi connectivity index (χ1v) is 9.99. The van der Waals surface area contributed by atoms with Crippen LogP contribution in [-0.2, 0) is 16.1 Å². The Morgan fingerprint density at radius 3 is 2.89 bits per heavy atom. The van der Waals surface area contributed by atoms with Crippen molar-refractivity contribution in [3.8, 4) is 0 Å². The molecular formula is C19H24N4O3S. The minimum atomic E-state index is -1.01. The first-order chi connectivity index (χ1) is 13.0. The highest BCUT2D eigenvalue weighted by molar-refractivity contribution is 8.15. The Bertz CT molecular complexity index is 748. The van der Waals surface area contributed by atoms with E-state index in [1.54, 1.807) is 6.21 Å². The molecule has 0 radical (unpaired) electrons. The molecule has 1 amide bonds. The summed E-state index contributed by atoms with van der Waals surface area (Å²) in [6.07, 6.45) is 3.99. The fourth-order valence-electron chi connectivity index (χ4n) is 3.29. The monoisotopic (exact) mass is 388 g/mol. The molecule has 0 aromatic heterocycles. The summed E-state index contributed by atoms with van der Waals surface area (Å²) in [5.74, 6) is -0.576. The highest BCUT2D eigenvalue weighted by Gasteiger charge is 2.32. The number of thioether (sulfide) groups is 1. The van der Waals surface area contributed by atoms with Crippen LogP contribution in [0.4, 0.5) is 0 Å². The van der Waals surface area contributed by atoms with Crippen LogP contribution in [-0.4, -0.2) is 51.6 Å². The lowest BCUT2D eigenvalue weighted by Gasteiger charge is -2.30. The SMILES string of the molecule is CC1CCCN(Cc2ccc(C=NN=C3NC(=O)C(CC(=O)O)S3)cc2)C1. The van der Waals surface area contributed by atoms with Gasteiger partial charge in [0.1, 0.15) is 5.25 Å². The van der Waals surface area contributed by atoms with E-state index in [-0.39, 0.29) is 12.3 Å². The van der Waals surface area contributed by atoms with Crippen molar-refractivity contribution in [3.63, 3.8) is 0 Å². The number of carboxylic acid groups (broad SMARTS) is 1. The van der Waals surface area contributed by atoms with Crippen LogP contribution in [0, 0.1) is 5.92 Å². The second-order valence-electron chi connectivity index (χ2n) is 7.07. The minimum absolute atomic E-state index is 0.226. The van der Waals surface area contributed by atoms with Crippen LogP contribution in [0.5, 0.6) is 0 Å². The number of benzene rings is 1. The maximum absolute atomic E-state index is 11.6. The Morgan fingerprint density at radius 2 is 2.19 bits per heavy atom. The molecule has 27 heavy (non-hydrogen) atoms. The molecule has 2 unspecified atom stereocenters. The van der Waals surface area contributed by atoms with Crippen LogP contribution >= 0.6 is 11.8 Å². The Kier molecular flexibility index (Phi) is 6.63. The van der Waals surface area contributed by atoms with Crippen molar-refractivity contribution in [2.75, 3.05) is 13.1 Å². The van der Waals surface area contributed by atoms with E-state index in [0.717, 1.165) is 42.9 Å². The van der Waals surface area contributed by atoms with E-state index in [9.17, 15) is 9.59 Å². The third-order valence-electron chi connectivity index (χ3n) is 4.62. The number of amidine groups is 1. The van der Waals surface area contributed by atoms with E-state index in [1.165, 1.54) is 18.4 Å².